The molecule has 0 spiro atoms. The van der Waals surface area contributed by atoms with E-state index in [0.29, 0.717) is 0 Å². The molecule has 1 aliphatic rings. The van der Waals surface area contributed by atoms with Gasteiger partial charge in [-0.2, -0.15) is 5.06 Å². The summed E-state index contributed by atoms with van der Waals surface area (Å²) in [5.41, 5.74) is -0.789. The molecule has 20 heavy (non-hydrogen) atoms. The molecule has 1 aliphatic heterocycles. The zero-order valence-corrected chi connectivity index (χ0v) is 11.7. The molecule has 2 rings (SSSR count). The van der Waals surface area contributed by atoms with E-state index in [1.807, 2.05) is 30.3 Å². The van der Waals surface area contributed by atoms with Crippen LogP contribution in [0.4, 0.5) is 0 Å². The van der Waals surface area contributed by atoms with E-state index in [1.54, 1.807) is 7.05 Å². The van der Waals surface area contributed by atoms with Crippen molar-refractivity contribution in [1.82, 2.24) is 5.06 Å². The van der Waals surface area contributed by atoms with Crippen molar-refractivity contribution in [2.45, 2.75) is 18.1 Å². The van der Waals surface area contributed by atoms with Crippen molar-refractivity contribution < 1.29 is 23.9 Å². The number of benzene rings is 1. The summed E-state index contributed by atoms with van der Waals surface area (Å²) in [5, 5.41) is 1.49. The van der Waals surface area contributed by atoms with E-state index < -0.39 is 17.5 Å². The summed E-state index contributed by atoms with van der Waals surface area (Å²) in [7, 11) is 4.10. The Labute approximate surface area is 117 Å². The number of methoxy groups -OCH3 is 2. The predicted molar refractivity (Wildman–Crippen MR) is 69.4 cm³/mol. The highest BCUT2D eigenvalue weighted by molar-refractivity contribution is 6.03. The predicted octanol–water partition coefficient (Wildman–Crippen LogP) is 1.08. The van der Waals surface area contributed by atoms with Gasteiger partial charge in [0, 0.05) is 13.5 Å². The topological polar surface area (TPSA) is 65.1 Å². The molecule has 1 aromatic rings. The first-order valence-electron chi connectivity index (χ1n) is 6.19. The molecule has 1 unspecified atom stereocenters. The molecular formula is C14H17NO5. The lowest BCUT2D eigenvalue weighted by molar-refractivity contribution is -0.220. The maximum absolute atomic E-state index is 12.0. The Morgan fingerprint density at radius 2 is 1.75 bits per heavy atom. The van der Waals surface area contributed by atoms with Gasteiger partial charge in [-0.25, -0.2) is 9.59 Å². The van der Waals surface area contributed by atoms with Crippen LogP contribution in [0.15, 0.2) is 30.3 Å². The van der Waals surface area contributed by atoms with Gasteiger partial charge < -0.3 is 9.47 Å². The van der Waals surface area contributed by atoms with Gasteiger partial charge in [-0.15, -0.1) is 0 Å². The Hall–Kier alpha value is -1.92. The number of nitrogens with zero attached hydrogens (tertiary/aromatic N) is 1. The first-order chi connectivity index (χ1) is 9.55. The van der Waals surface area contributed by atoms with E-state index in [9.17, 15) is 9.59 Å². The minimum Gasteiger partial charge on any atom is -0.466 e. The summed E-state index contributed by atoms with van der Waals surface area (Å²) >= 11 is 0. The summed E-state index contributed by atoms with van der Waals surface area (Å²) in [5.74, 6) is -1.51. The summed E-state index contributed by atoms with van der Waals surface area (Å²) in [4.78, 5) is 29.5. The third-order valence-electron chi connectivity index (χ3n) is 3.43. The lowest BCUT2D eigenvalue weighted by Crippen LogP contribution is -2.48. The number of hydrogen-bond acceptors (Lipinski definition) is 6. The van der Waals surface area contributed by atoms with Crippen molar-refractivity contribution in [3.63, 3.8) is 0 Å². The summed E-state index contributed by atoms with van der Waals surface area (Å²) < 4.78 is 9.40. The average molecular weight is 279 g/mol. The molecule has 1 atom stereocenters. The smallest absolute Gasteiger partial charge is 0.352 e. The first kappa shape index (κ1) is 14.5. The Morgan fingerprint density at radius 3 is 2.25 bits per heavy atom. The lowest BCUT2D eigenvalue weighted by atomic mass is 9.92. The molecule has 0 saturated carbocycles. The normalized spacial score (nSPS) is 21.4. The van der Waals surface area contributed by atoms with Gasteiger partial charge in [-0.3, -0.25) is 4.84 Å². The van der Waals surface area contributed by atoms with Crippen molar-refractivity contribution in [3.05, 3.63) is 35.9 Å². The largest absolute Gasteiger partial charge is 0.466 e. The lowest BCUT2D eigenvalue weighted by Gasteiger charge is -2.21. The Morgan fingerprint density at radius 1 is 1.20 bits per heavy atom. The molecule has 0 N–H and O–H groups in total. The second kappa shape index (κ2) is 5.60. The first-order valence-corrected chi connectivity index (χ1v) is 6.19. The van der Waals surface area contributed by atoms with Crippen LogP contribution < -0.4 is 0 Å². The third-order valence-corrected chi connectivity index (χ3v) is 3.43. The van der Waals surface area contributed by atoms with Gasteiger partial charge >= 0.3 is 11.9 Å². The zero-order valence-electron chi connectivity index (χ0n) is 11.7. The van der Waals surface area contributed by atoms with Crippen molar-refractivity contribution in [3.8, 4) is 0 Å². The number of esters is 2. The van der Waals surface area contributed by atoms with Gasteiger partial charge in [-0.1, -0.05) is 30.3 Å². The number of rotatable bonds is 3. The molecule has 1 aromatic carbocycles. The fraction of sp³-hybridized carbons (Fsp3) is 0.429. The fourth-order valence-corrected chi connectivity index (χ4v) is 2.40. The fourth-order valence-electron chi connectivity index (χ4n) is 2.40. The van der Waals surface area contributed by atoms with Crippen LogP contribution in [0.25, 0.3) is 0 Å². The van der Waals surface area contributed by atoms with Gasteiger partial charge in [-0.05, 0) is 5.56 Å². The summed E-state index contributed by atoms with van der Waals surface area (Å²) in [6, 6.07) is 9.27. The molecule has 1 fully saturated rings. The zero-order chi connectivity index (χ0) is 14.8. The number of hydrogen-bond donors (Lipinski definition) is 0. The van der Waals surface area contributed by atoms with Gasteiger partial charge in [0.2, 0.25) is 0 Å². The monoisotopic (exact) mass is 279 g/mol. The standard InChI is InChI=1S/C14H17NO5/c1-15-11(10-7-5-4-6-8-10)9-14(20-15,12(16)18-2)13(17)19-3/h4-8,11H,9H2,1-3H3. The van der Waals surface area contributed by atoms with Crippen LogP contribution >= 0.6 is 0 Å². The van der Waals surface area contributed by atoms with Crippen LogP contribution in [0, 0.1) is 0 Å². The molecule has 6 nitrogen and oxygen atoms in total. The quantitative estimate of drug-likeness (QED) is 0.609. The van der Waals surface area contributed by atoms with Crippen molar-refractivity contribution in [2.75, 3.05) is 21.3 Å². The molecular weight excluding hydrogens is 262 g/mol. The molecule has 0 aromatic heterocycles. The molecule has 0 aliphatic carbocycles. The second-order valence-corrected chi connectivity index (χ2v) is 4.58. The maximum Gasteiger partial charge on any atom is 0.352 e. The molecule has 0 radical (unpaired) electrons. The Kier molecular flexibility index (Phi) is 4.06. The van der Waals surface area contributed by atoms with Gasteiger partial charge in [0.25, 0.3) is 5.60 Å². The van der Waals surface area contributed by atoms with E-state index in [0.717, 1.165) is 5.56 Å². The molecule has 6 heteroatoms. The SMILES string of the molecule is COC(=O)C1(C(=O)OC)CC(c2ccccc2)N(C)O1. The van der Waals surface area contributed by atoms with Crippen LogP contribution in [0.2, 0.25) is 0 Å². The summed E-state index contributed by atoms with van der Waals surface area (Å²) in [6.45, 7) is 0. The van der Waals surface area contributed by atoms with E-state index in [-0.39, 0.29) is 12.5 Å². The summed E-state index contributed by atoms with van der Waals surface area (Å²) in [6.07, 6.45) is 0.146. The maximum atomic E-state index is 12.0. The van der Waals surface area contributed by atoms with Crippen molar-refractivity contribution in [2.24, 2.45) is 0 Å². The highest BCUT2D eigenvalue weighted by Gasteiger charge is 2.58. The molecule has 0 amide bonds. The molecule has 108 valence electrons. The molecule has 1 heterocycles. The van der Waals surface area contributed by atoms with E-state index in [2.05, 4.69) is 0 Å². The minimum absolute atomic E-state index is 0.146. The van der Waals surface area contributed by atoms with E-state index in [4.69, 9.17) is 14.3 Å². The van der Waals surface area contributed by atoms with Crippen LogP contribution in [0.3, 0.4) is 0 Å². The van der Waals surface area contributed by atoms with Crippen LogP contribution in [-0.2, 0) is 23.9 Å². The highest BCUT2D eigenvalue weighted by atomic mass is 16.7. The molecule has 0 bridgehead atoms. The minimum atomic E-state index is -1.74. The average Bonchev–Trinajstić information content (AvgIpc) is 2.85. The van der Waals surface area contributed by atoms with Crippen LogP contribution in [0.5, 0.6) is 0 Å². The van der Waals surface area contributed by atoms with Gasteiger partial charge in [0.05, 0.1) is 20.3 Å². The van der Waals surface area contributed by atoms with Crippen LogP contribution in [0.1, 0.15) is 18.0 Å². The second-order valence-electron chi connectivity index (χ2n) is 4.58. The van der Waals surface area contributed by atoms with Crippen molar-refractivity contribution in [1.29, 1.82) is 0 Å². The number of carbonyl (C=O) groups is 2. The Bertz CT molecular complexity index is 486. The number of hydroxylamine groups is 2. The van der Waals surface area contributed by atoms with Gasteiger partial charge in [0.15, 0.2) is 0 Å². The number of carbonyl (C=O) groups excluding carboxylic acids is 2. The van der Waals surface area contributed by atoms with Crippen LogP contribution in [-0.4, -0.2) is 43.9 Å². The van der Waals surface area contributed by atoms with Crippen molar-refractivity contribution >= 4 is 11.9 Å². The number of ether oxygens (including phenoxy) is 2. The van der Waals surface area contributed by atoms with Gasteiger partial charge in [0.1, 0.15) is 0 Å². The third kappa shape index (κ3) is 2.28. The van der Waals surface area contributed by atoms with E-state index in [1.165, 1.54) is 19.3 Å². The Balaban J connectivity index is 2.35. The molecule has 1 saturated heterocycles. The highest BCUT2D eigenvalue weighted by Crippen LogP contribution is 2.40. The van der Waals surface area contributed by atoms with E-state index >= 15 is 0 Å².